The van der Waals surface area contributed by atoms with Gasteiger partial charge in [0.25, 0.3) is 11.6 Å². The molecule has 174 valence electrons. The zero-order valence-corrected chi connectivity index (χ0v) is 18.4. The van der Waals surface area contributed by atoms with Crippen LogP contribution in [-0.4, -0.2) is 28.4 Å². The quantitative estimate of drug-likeness (QED) is 0.239. The normalized spacial score (nSPS) is 13.5. The van der Waals surface area contributed by atoms with Gasteiger partial charge in [-0.3, -0.25) is 14.9 Å². The molecular formula is C26H19N3O6. The van der Waals surface area contributed by atoms with Crippen molar-refractivity contribution in [2.45, 2.75) is 12.8 Å². The van der Waals surface area contributed by atoms with Gasteiger partial charge in [0.2, 0.25) is 0 Å². The van der Waals surface area contributed by atoms with Crippen LogP contribution in [0.4, 0.5) is 11.4 Å². The number of esters is 1. The Morgan fingerprint density at radius 2 is 1.97 bits per heavy atom. The number of hydrogen-bond acceptors (Lipinski definition) is 7. The van der Waals surface area contributed by atoms with Crippen molar-refractivity contribution in [3.8, 4) is 0 Å². The van der Waals surface area contributed by atoms with Gasteiger partial charge in [0.05, 0.1) is 28.0 Å². The van der Waals surface area contributed by atoms with Crippen LogP contribution in [0.25, 0.3) is 22.6 Å². The molecule has 0 atom stereocenters. The maximum atomic E-state index is 13.2. The van der Waals surface area contributed by atoms with Gasteiger partial charge < -0.3 is 14.5 Å². The molecule has 4 aromatic rings. The van der Waals surface area contributed by atoms with Crippen LogP contribution in [0.1, 0.15) is 33.8 Å². The van der Waals surface area contributed by atoms with E-state index in [4.69, 9.17) is 14.1 Å². The fraction of sp³-hybridized carbons (Fsp3) is 0.115. The van der Waals surface area contributed by atoms with E-state index >= 15 is 0 Å². The van der Waals surface area contributed by atoms with Gasteiger partial charge in [-0.15, -0.1) is 0 Å². The lowest BCUT2D eigenvalue weighted by Crippen LogP contribution is -2.21. The molecule has 0 saturated heterocycles. The molecule has 0 aliphatic heterocycles. The van der Waals surface area contributed by atoms with E-state index in [1.807, 2.05) is 30.3 Å². The Hall–Kier alpha value is -4.79. The third-order valence-corrected chi connectivity index (χ3v) is 5.68. The van der Waals surface area contributed by atoms with Crippen LogP contribution in [0.5, 0.6) is 0 Å². The number of aromatic nitrogens is 1. The molecule has 1 aliphatic rings. The number of furan rings is 1. The minimum atomic E-state index is -0.631. The van der Waals surface area contributed by atoms with E-state index in [9.17, 15) is 19.7 Å². The number of non-ortho nitro benzene ring substituents is 1. The Morgan fingerprint density at radius 1 is 1.11 bits per heavy atom. The van der Waals surface area contributed by atoms with Crippen LogP contribution < -0.4 is 5.32 Å². The number of nitrogens with one attached hydrogen (secondary N) is 1. The number of nitro benzene ring substituents is 1. The number of carbonyl (C=O) groups is 2. The van der Waals surface area contributed by atoms with Crippen molar-refractivity contribution in [2.75, 3.05) is 11.9 Å². The van der Waals surface area contributed by atoms with E-state index < -0.39 is 23.4 Å². The van der Waals surface area contributed by atoms with Crippen LogP contribution in [-0.2, 0) is 16.0 Å². The van der Waals surface area contributed by atoms with E-state index in [0.29, 0.717) is 40.8 Å². The molecule has 1 amide bonds. The SMILES string of the molecule is O=C(COC(=O)c1c2c(nc3ccccc13)C(=Cc1ccco1)CC2)Nc1cccc([N+](=O)[O-])c1. The van der Waals surface area contributed by atoms with Crippen LogP contribution in [0.15, 0.2) is 71.3 Å². The van der Waals surface area contributed by atoms with Gasteiger partial charge in [-0.1, -0.05) is 24.3 Å². The highest BCUT2D eigenvalue weighted by atomic mass is 16.6. The molecule has 0 fully saturated rings. The predicted octanol–water partition coefficient (Wildman–Crippen LogP) is 5.02. The van der Waals surface area contributed by atoms with Crippen molar-refractivity contribution in [3.63, 3.8) is 0 Å². The molecule has 35 heavy (non-hydrogen) atoms. The zero-order chi connectivity index (χ0) is 24.4. The summed E-state index contributed by atoms with van der Waals surface area (Å²) in [7, 11) is 0. The maximum Gasteiger partial charge on any atom is 0.339 e. The van der Waals surface area contributed by atoms with Crippen molar-refractivity contribution in [2.24, 2.45) is 0 Å². The first-order valence-electron chi connectivity index (χ1n) is 10.9. The molecular weight excluding hydrogens is 450 g/mol. The minimum absolute atomic E-state index is 0.156. The molecule has 0 bridgehead atoms. The topological polar surface area (TPSA) is 125 Å². The third kappa shape index (κ3) is 4.51. The fourth-order valence-electron chi connectivity index (χ4n) is 4.15. The smallest absolute Gasteiger partial charge is 0.339 e. The average molecular weight is 469 g/mol. The van der Waals surface area contributed by atoms with Crippen LogP contribution in [0.2, 0.25) is 0 Å². The van der Waals surface area contributed by atoms with Gasteiger partial charge >= 0.3 is 5.97 Å². The maximum absolute atomic E-state index is 13.2. The Labute approximate surface area is 199 Å². The second-order valence-corrected chi connectivity index (χ2v) is 7.95. The lowest BCUT2D eigenvalue weighted by Gasteiger charge is -2.12. The van der Waals surface area contributed by atoms with Gasteiger partial charge in [0.15, 0.2) is 6.61 Å². The first-order chi connectivity index (χ1) is 17.0. The van der Waals surface area contributed by atoms with Crippen LogP contribution in [0, 0.1) is 10.1 Å². The summed E-state index contributed by atoms with van der Waals surface area (Å²) in [5.41, 5.74) is 3.56. The summed E-state index contributed by atoms with van der Waals surface area (Å²) in [6.45, 7) is -0.540. The largest absolute Gasteiger partial charge is 0.465 e. The summed E-state index contributed by atoms with van der Waals surface area (Å²) in [6.07, 6.45) is 4.80. The molecule has 2 aromatic heterocycles. The second-order valence-electron chi connectivity index (χ2n) is 7.95. The van der Waals surface area contributed by atoms with Crippen molar-refractivity contribution >= 4 is 45.8 Å². The number of ether oxygens (including phenoxy) is 1. The number of benzene rings is 2. The Bertz CT molecular complexity index is 1490. The van der Waals surface area contributed by atoms with Crippen molar-refractivity contribution in [1.82, 2.24) is 4.98 Å². The summed E-state index contributed by atoms with van der Waals surface area (Å²) in [5.74, 6) is -0.537. The molecule has 0 unspecified atom stereocenters. The fourth-order valence-corrected chi connectivity index (χ4v) is 4.15. The number of anilines is 1. The third-order valence-electron chi connectivity index (χ3n) is 5.68. The molecule has 1 aliphatic carbocycles. The number of para-hydroxylation sites is 1. The van der Waals surface area contributed by atoms with Gasteiger partial charge in [0, 0.05) is 23.2 Å². The number of allylic oxidation sites excluding steroid dienone is 1. The summed E-state index contributed by atoms with van der Waals surface area (Å²) in [4.78, 5) is 40.7. The number of amides is 1. The molecule has 9 nitrogen and oxygen atoms in total. The number of carbonyl (C=O) groups excluding carboxylic acids is 2. The van der Waals surface area contributed by atoms with Crippen molar-refractivity contribution in [1.29, 1.82) is 0 Å². The Kier molecular flexibility index (Phi) is 5.80. The summed E-state index contributed by atoms with van der Waals surface area (Å²) >= 11 is 0. The molecule has 0 radical (unpaired) electrons. The van der Waals surface area contributed by atoms with E-state index in [1.165, 1.54) is 24.3 Å². The summed E-state index contributed by atoms with van der Waals surface area (Å²) in [6, 6.07) is 16.5. The Balaban J connectivity index is 1.40. The second kappa shape index (κ2) is 9.22. The summed E-state index contributed by atoms with van der Waals surface area (Å²) in [5, 5.41) is 14.1. The molecule has 9 heteroatoms. The lowest BCUT2D eigenvalue weighted by atomic mass is 10.0. The van der Waals surface area contributed by atoms with Crippen molar-refractivity contribution in [3.05, 3.63) is 99.6 Å². The first kappa shape index (κ1) is 22.0. The van der Waals surface area contributed by atoms with Gasteiger partial charge in [-0.05, 0) is 54.3 Å². The minimum Gasteiger partial charge on any atom is -0.465 e. The van der Waals surface area contributed by atoms with Gasteiger partial charge in [-0.2, -0.15) is 0 Å². The lowest BCUT2D eigenvalue weighted by molar-refractivity contribution is -0.384. The number of fused-ring (bicyclic) bond motifs is 2. The van der Waals surface area contributed by atoms with Gasteiger partial charge in [0.1, 0.15) is 5.76 Å². The van der Waals surface area contributed by atoms with E-state index in [2.05, 4.69) is 5.32 Å². The highest BCUT2D eigenvalue weighted by Crippen LogP contribution is 2.37. The van der Waals surface area contributed by atoms with E-state index in [0.717, 1.165) is 11.1 Å². The molecule has 2 heterocycles. The molecule has 0 spiro atoms. The molecule has 5 rings (SSSR count). The average Bonchev–Trinajstić information content (AvgIpc) is 3.51. The van der Waals surface area contributed by atoms with E-state index in [1.54, 1.807) is 18.4 Å². The van der Waals surface area contributed by atoms with Crippen LogP contribution >= 0.6 is 0 Å². The molecule has 0 saturated carbocycles. The molecule has 1 N–H and O–H groups in total. The van der Waals surface area contributed by atoms with Crippen LogP contribution in [0.3, 0.4) is 0 Å². The number of pyridine rings is 1. The van der Waals surface area contributed by atoms with Crippen molar-refractivity contribution < 1.29 is 23.7 Å². The summed E-state index contributed by atoms with van der Waals surface area (Å²) < 4.78 is 10.8. The number of nitrogens with zero attached hydrogens (tertiary/aromatic N) is 2. The van der Waals surface area contributed by atoms with E-state index in [-0.39, 0.29) is 11.4 Å². The van der Waals surface area contributed by atoms with Gasteiger partial charge in [-0.25, -0.2) is 9.78 Å². The standard InChI is InChI=1S/C26H19N3O6/c30-23(27-17-5-3-6-18(14-17)29(32)33)15-35-26(31)24-20-8-1-2-9-22(20)28-25-16(10-11-21(24)25)13-19-7-4-12-34-19/h1-9,12-14H,10-11,15H2,(H,27,30). The Morgan fingerprint density at radius 3 is 2.77 bits per heavy atom. The number of rotatable bonds is 6. The predicted molar refractivity (Wildman–Crippen MR) is 129 cm³/mol. The highest BCUT2D eigenvalue weighted by molar-refractivity contribution is 6.08. The number of hydrogen-bond donors (Lipinski definition) is 1. The number of nitro groups is 1. The molecule has 2 aromatic carbocycles. The zero-order valence-electron chi connectivity index (χ0n) is 18.4. The highest BCUT2D eigenvalue weighted by Gasteiger charge is 2.28. The monoisotopic (exact) mass is 469 g/mol. The first-order valence-corrected chi connectivity index (χ1v) is 10.9.